The Morgan fingerprint density at radius 3 is 2.85 bits per heavy atom. The average molecular weight is 179 g/mol. The molecule has 2 amide bonds. The molecule has 1 heterocycles. The van der Waals surface area contributed by atoms with Crippen molar-refractivity contribution in [3.05, 3.63) is 0 Å². The van der Waals surface area contributed by atoms with E-state index in [-0.39, 0.29) is 23.1 Å². The smallest absolute Gasteiger partial charge is 0.233 e. The quantitative estimate of drug-likeness (QED) is 0.556. The molecule has 1 aliphatic heterocycles. The topological polar surface area (TPSA) is 46.2 Å². The highest BCUT2D eigenvalue weighted by Crippen LogP contribution is 2.61. The van der Waals surface area contributed by atoms with Crippen LogP contribution in [0.2, 0.25) is 0 Å². The molecule has 2 saturated carbocycles. The van der Waals surface area contributed by atoms with Crippen LogP contribution in [-0.4, -0.2) is 11.8 Å². The molecule has 0 unspecified atom stereocenters. The Morgan fingerprint density at radius 1 is 1.38 bits per heavy atom. The number of hydrogen-bond acceptors (Lipinski definition) is 2. The number of carbonyl (C=O) groups excluding carboxylic acids is 2. The van der Waals surface area contributed by atoms with Crippen LogP contribution in [0.3, 0.4) is 0 Å². The largest absolute Gasteiger partial charge is 0.296 e. The van der Waals surface area contributed by atoms with Crippen molar-refractivity contribution in [2.24, 2.45) is 23.2 Å². The summed E-state index contributed by atoms with van der Waals surface area (Å²) >= 11 is 0. The van der Waals surface area contributed by atoms with Gasteiger partial charge in [0, 0.05) is 0 Å². The molecule has 0 aromatic heterocycles. The van der Waals surface area contributed by atoms with E-state index < -0.39 is 0 Å². The van der Waals surface area contributed by atoms with E-state index in [1.165, 1.54) is 0 Å². The summed E-state index contributed by atoms with van der Waals surface area (Å²) in [4.78, 5) is 23.2. The van der Waals surface area contributed by atoms with Crippen molar-refractivity contribution in [2.75, 3.05) is 0 Å². The Balaban J connectivity index is 2.12. The molecule has 3 fully saturated rings. The molecule has 0 radical (unpaired) electrons. The van der Waals surface area contributed by atoms with Crippen LogP contribution in [0.25, 0.3) is 0 Å². The van der Waals surface area contributed by atoms with Crippen LogP contribution in [0, 0.1) is 23.2 Å². The number of rotatable bonds is 0. The van der Waals surface area contributed by atoms with Gasteiger partial charge in [-0.05, 0) is 38.0 Å². The maximum absolute atomic E-state index is 11.6. The lowest BCUT2D eigenvalue weighted by molar-refractivity contribution is -0.130. The van der Waals surface area contributed by atoms with Gasteiger partial charge in [-0.25, -0.2) is 0 Å². The van der Waals surface area contributed by atoms with E-state index in [1.807, 2.05) is 6.92 Å². The molecular formula is C10H13NO2. The Morgan fingerprint density at radius 2 is 2.15 bits per heavy atom. The fourth-order valence-corrected chi connectivity index (χ4v) is 3.74. The van der Waals surface area contributed by atoms with Gasteiger partial charge >= 0.3 is 0 Å². The van der Waals surface area contributed by atoms with Gasteiger partial charge in [0.2, 0.25) is 11.8 Å². The highest BCUT2D eigenvalue weighted by atomic mass is 16.2. The van der Waals surface area contributed by atoms with Gasteiger partial charge in [-0.1, -0.05) is 0 Å². The van der Waals surface area contributed by atoms with Crippen LogP contribution in [-0.2, 0) is 9.59 Å². The molecule has 1 saturated heterocycles. The number of imide groups is 1. The minimum absolute atomic E-state index is 0.00116. The van der Waals surface area contributed by atoms with Crippen LogP contribution >= 0.6 is 0 Å². The van der Waals surface area contributed by atoms with Crippen molar-refractivity contribution < 1.29 is 9.59 Å². The Kier molecular flexibility index (Phi) is 1.14. The third kappa shape index (κ3) is 0.640. The second kappa shape index (κ2) is 1.97. The van der Waals surface area contributed by atoms with Crippen molar-refractivity contribution in [2.45, 2.75) is 26.2 Å². The van der Waals surface area contributed by atoms with Crippen LogP contribution in [0.15, 0.2) is 0 Å². The monoisotopic (exact) mass is 179 g/mol. The lowest BCUT2D eigenvalue weighted by atomic mass is 9.69. The zero-order valence-electron chi connectivity index (χ0n) is 7.67. The van der Waals surface area contributed by atoms with Gasteiger partial charge < -0.3 is 0 Å². The van der Waals surface area contributed by atoms with E-state index in [2.05, 4.69) is 5.32 Å². The van der Waals surface area contributed by atoms with E-state index in [0.717, 1.165) is 19.3 Å². The molecule has 70 valence electrons. The summed E-state index contributed by atoms with van der Waals surface area (Å²) in [5.41, 5.74) is -0.347. The van der Waals surface area contributed by atoms with Crippen LogP contribution < -0.4 is 5.32 Å². The Labute approximate surface area is 76.9 Å². The molecule has 3 aliphatic rings. The molecule has 1 N–H and O–H groups in total. The Bertz CT molecular complexity index is 312. The molecule has 2 bridgehead atoms. The van der Waals surface area contributed by atoms with Crippen LogP contribution in [0.4, 0.5) is 0 Å². The standard InChI is InChI=1S/C10H13NO2/c1-10-6-3-2-5(4-6)7(10)8(12)11-9(10)13/h5-7H,2-4H2,1H3,(H,11,12,13)/t5-,6-,7+,10+/m0/s1. The number of amides is 2. The molecule has 13 heavy (non-hydrogen) atoms. The second-order valence-electron chi connectivity index (χ2n) is 4.85. The third-order valence-electron chi connectivity index (χ3n) is 4.45. The molecule has 3 nitrogen and oxygen atoms in total. The number of fused-ring (bicyclic) bond motifs is 5. The van der Waals surface area contributed by atoms with Crippen molar-refractivity contribution in [1.82, 2.24) is 5.32 Å². The van der Waals surface area contributed by atoms with Crippen molar-refractivity contribution in [1.29, 1.82) is 0 Å². The van der Waals surface area contributed by atoms with E-state index >= 15 is 0 Å². The lowest BCUT2D eigenvalue weighted by Gasteiger charge is -2.30. The van der Waals surface area contributed by atoms with Crippen molar-refractivity contribution in [3.8, 4) is 0 Å². The van der Waals surface area contributed by atoms with Gasteiger partial charge in [-0.3, -0.25) is 14.9 Å². The first-order valence-electron chi connectivity index (χ1n) is 4.99. The lowest BCUT2D eigenvalue weighted by Crippen LogP contribution is -2.37. The SMILES string of the molecule is C[C@]12C(=O)NC(=O)[C@H]1[C@H]1CC[C@H]2C1. The van der Waals surface area contributed by atoms with E-state index in [4.69, 9.17) is 0 Å². The molecule has 0 aromatic carbocycles. The van der Waals surface area contributed by atoms with E-state index in [0.29, 0.717) is 11.8 Å². The van der Waals surface area contributed by atoms with Crippen LogP contribution in [0.5, 0.6) is 0 Å². The molecule has 2 aliphatic carbocycles. The number of carbonyl (C=O) groups is 2. The minimum Gasteiger partial charge on any atom is -0.296 e. The maximum Gasteiger partial charge on any atom is 0.233 e. The van der Waals surface area contributed by atoms with Gasteiger partial charge in [0.1, 0.15) is 0 Å². The normalized spacial score (nSPS) is 52.5. The molecule has 3 heteroatoms. The van der Waals surface area contributed by atoms with Crippen molar-refractivity contribution >= 4 is 11.8 Å². The van der Waals surface area contributed by atoms with Gasteiger partial charge in [0.25, 0.3) is 0 Å². The summed E-state index contributed by atoms with van der Waals surface area (Å²) in [6.07, 6.45) is 3.38. The second-order valence-corrected chi connectivity index (χ2v) is 4.85. The Hall–Kier alpha value is -0.860. The molecule has 0 spiro atoms. The maximum atomic E-state index is 11.6. The molecule has 4 atom stereocenters. The average Bonchev–Trinajstić information content (AvgIpc) is 2.66. The predicted molar refractivity (Wildman–Crippen MR) is 45.6 cm³/mol. The summed E-state index contributed by atoms with van der Waals surface area (Å²) in [7, 11) is 0. The highest BCUT2D eigenvalue weighted by molar-refractivity contribution is 6.08. The number of hydrogen-bond donors (Lipinski definition) is 1. The zero-order chi connectivity index (χ0) is 9.22. The van der Waals surface area contributed by atoms with Crippen LogP contribution in [0.1, 0.15) is 26.2 Å². The summed E-state index contributed by atoms with van der Waals surface area (Å²) in [5.74, 6) is 0.920. The minimum atomic E-state index is -0.347. The van der Waals surface area contributed by atoms with E-state index in [1.54, 1.807) is 0 Å². The van der Waals surface area contributed by atoms with Gasteiger partial charge in [0.15, 0.2) is 0 Å². The highest BCUT2D eigenvalue weighted by Gasteiger charge is 2.65. The van der Waals surface area contributed by atoms with Gasteiger partial charge in [-0.2, -0.15) is 0 Å². The molecule has 3 rings (SSSR count). The molecule has 0 aromatic rings. The third-order valence-corrected chi connectivity index (χ3v) is 4.45. The summed E-state index contributed by atoms with van der Waals surface area (Å²) < 4.78 is 0. The summed E-state index contributed by atoms with van der Waals surface area (Å²) in [6.45, 7) is 1.97. The van der Waals surface area contributed by atoms with E-state index in [9.17, 15) is 9.59 Å². The first-order valence-corrected chi connectivity index (χ1v) is 4.99. The predicted octanol–water partition coefficient (Wildman–Crippen LogP) is 0.695. The van der Waals surface area contributed by atoms with Gasteiger partial charge in [0.05, 0.1) is 11.3 Å². The summed E-state index contributed by atoms with van der Waals surface area (Å²) in [5, 5.41) is 2.48. The fraction of sp³-hybridized carbons (Fsp3) is 0.800. The van der Waals surface area contributed by atoms with Crippen molar-refractivity contribution in [3.63, 3.8) is 0 Å². The summed E-state index contributed by atoms with van der Waals surface area (Å²) in [6, 6.07) is 0. The first-order chi connectivity index (χ1) is 6.14. The first kappa shape index (κ1) is 7.54. The zero-order valence-corrected chi connectivity index (χ0v) is 7.67. The fourth-order valence-electron chi connectivity index (χ4n) is 3.74. The van der Waals surface area contributed by atoms with Gasteiger partial charge in [-0.15, -0.1) is 0 Å². The molecular weight excluding hydrogens is 166 g/mol. The number of nitrogens with one attached hydrogen (secondary N) is 1.